The molecule has 0 aliphatic rings. The fourth-order valence-corrected chi connectivity index (χ4v) is 4.25. The van der Waals surface area contributed by atoms with Gasteiger partial charge in [0.1, 0.15) is 17.7 Å². The number of hydrogen-bond acceptors (Lipinski definition) is 6. The average Bonchev–Trinajstić information content (AvgIpc) is 3.61. The number of aromatic nitrogens is 4. The van der Waals surface area contributed by atoms with Crippen molar-refractivity contribution in [3.63, 3.8) is 0 Å². The molecule has 11 heteroatoms. The summed E-state index contributed by atoms with van der Waals surface area (Å²) in [5, 5.41) is 20.2. The summed E-state index contributed by atoms with van der Waals surface area (Å²) in [6.07, 6.45) is 2.62. The van der Waals surface area contributed by atoms with Crippen LogP contribution in [0.1, 0.15) is 32.6 Å². The quantitative estimate of drug-likeness (QED) is 0.262. The van der Waals surface area contributed by atoms with Crippen LogP contribution < -0.4 is 5.32 Å². The van der Waals surface area contributed by atoms with E-state index < -0.39 is 23.7 Å². The third-order valence-corrected chi connectivity index (χ3v) is 6.50. The second-order valence-electron chi connectivity index (χ2n) is 9.68. The molecule has 2 N–H and O–H groups in total. The van der Waals surface area contributed by atoms with E-state index in [-0.39, 0.29) is 35.1 Å². The second kappa shape index (κ2) is 11.5. The first-order valence-electron chi connectivity index (χ1n) is 12.7. The van der Waals surface area contributed by atoms with Gasteiger partial charge >= 0.3 is 5.97 Å². The minimum absolute atomic E-state index is 0.0560. The molecule has 0 saturated heterocycles. The molecule has 3 aromatic carbocycles. The molecule has 0 spiro atoms. The third-order valence-electron chi connectivity index (χ3n) is 6.50. The lowest BCUT2D eigenvalue weighted by Crippen LogP contribution is -2.42. The number of nitrogens with one attached hydrogen (secondary N) is 1. The summed E-state index contributed by atoms with van der Waals surface area (Å²) < 4.78 is 35.3. The Labute approximate surface area is 233 Å². The smallest absolute Gasteiger partial charge is 0.326 e. The first-order chi connectivity index (χ1) is 19.7. The standard InChI is InChI=1S/C30H25F2N5O4/c1-17-3-7-21(8-4-17)29-35-27(36-41-29)23-9-5-19(12-25(23)32)13-26(30(39)40)34-28(38)22-14-33-37(16-22)15-20-6-10-24(31)18(2)11-20/h3-12,14,16,26H,13,15H2,1-2H3,(H,34,38)(H,39,40). The largest absolute Gasteiger partial charge is 0.480 e. The maximum Gasteiger partial charge on any atom is 0.326 e. The van der Waals surface area contributed by atoms with Crippen molar-refractivity contribution >= 4 is 11.9 Å². The number of rotatable bonds is 9. The van der Waals surface area contributed by atoms with Crippen LogP contribution in [-0.2, 0) is 17.8 Å². The SMILES string of the molecule is Cc1ccc(-c2nc(-c3ccc(CC(NC(=O)c4cnn(Cc5ccc(F)c(C)c5)c4)C(=O)O)cc3F)no2)cc1. The van der Waals surface area contributed by atoms with E-state index in [2.05, 4.69) is 20.6 Å². The Morgan fingerprint density at radius 3 is 2.46 bits per heavy atom. The molecule has 9 nitrogen and oxygen atoms in total. The van der Waals surface area contributed by atoms with E-state index in [1.54, 1.807) is 25.1 Å². The van der Waals surface area contributed by atoms with Crippen molar-refractivity contribution in [1.82, 2.24) is 25.2 Å². The van der Waals surface area contributed by atoms with Crippen LogP contribution in [0.4, 0.5) is 8.78 Å². The van der Waals surface area contributed by atoms with Gasteiger partial charge in [-0.15, -0.1) is 0 Å². The number of amides is 1. The highest BCUT2D eigenvalue weighted by Gasteiger charge is 2.23. The van der Waals surface area contributed by atoms with Crippen LogP contribution in [0.2, 0.25) is 0 Å². The number of halogens is 2. The fraction of sp³-hybridized carbons (Fsp3) is 0.167. The lowest BCUT2D eigenvalue weighted by molar-refractivity contribution is -0.139. The van der Waals surface area contributed by atoms with Gasteiger partial charge in [0.25, 0.3) is 11.8 Å². The molecule has 0 saturated carbocycles. The number of aliphatic carboxylic acids is 1. The number of carboxylic acid groups (broad SMARTS) is 1. The molecule has 2 aromatic heterocycles. The number of hydrogen-bond donors (Lipinski definition) is 2. The van der Waals surface area contributed by atoms with Gasteiger partial charge in [0.05, 0.1) is 23.9 Å². The Balaban J connectivity index is 1.25. The van der Waals surface area contributed by atoms with E-state index in [1.807, 2.05) is 31.2 Å². The van der Waals surface area contributed by atoms with Crippen LogP contribution in [0.25, 0.3) is 22.8 Å². The van der Waals surface area contributed by atoms with Gasteiger partial charge in [0.2, 0.25) is 5.82 Å². The Kier molecular flexibility index (Phi) is 7.68. The van der Waals surface area contributed by atoms with Crippen molar-refractivity contribution < 1.29 is 28.0 Å². The Morgan fingerprint density at radius 2 is 1.76 bits per heavy atom. The zero-order valence-corrected chi connectivity index (χ0v) is 22.1. The van der Waals surface area contributed by atoms with Crippen molar-refractivity contribution in [2.45, 2.75) is 32.9 Å². The molecular weight excluding hydrogens is 532 g/mol. The van der Waals surface area contributed by atoms with E-state index in [9.17, 15) is 19.1 Å². The highest BCUT2D eigenvalue weighted by molar-refractivity contribution is 5.96. The minimum atomic E-state index is -1.32. The first-order valence-corrected chi connectivity index (χ1v) is 12.7. The molecule has 1 amide bonds. The topological polar surface area (TPSA) is 123 Å². The summed E-state index contributed by atoms with van der Waals surface area (Å²) in [5.41, 5.74) is 3.64. The van der Waals surface area contributed by atoms with Gasteiger partial charge in [-0.2, -0.15) is 10.1 Å². The van der Waals surface area contributed by atoms with Gasteiger partial charge in [0, 0.05) is 18.2 Å². The Hall–Kier alpha value is -5.19. The second-order valence-corrected chi connectivity index (χ2v) is 9.68. The molecule has 41 heavy (non-hydrogen) atoms. The molecule has 5 aromatic rings. The Morgan fingerprint density at radius 1 is 1.00 bits per heavy atom. The summed E-state index contributed by atoms with van der Waals surface area (Å²) in [6.45, 7) is 3.90. The van der Waals surface area contributed by atoms with Crippen LogP contribution in [0.3, 0.4) is 0 Å². The molecule has 1 unspecified atom stereocenters. The lowest BCUT2D eigenvalue weighted by Gasteiger charge is -2.14. The molecule has 5 rings (SSSR count). The number of carbonyl (C=O) groups excluding carboxylic acids is 1. The zero-order chi connectivity index (χ0) is 29.1. The maximum atomic E-state index is 15.0. The van der Waals surface area contributed by atoms with Crippen molar-refractivity contribution in [3.8, 4) is 22.8 Å². The van der Waals surface area contributed by atoms with Gasteiger partial charge in [-0.1, -0.05) is 41.1 Å². The third kappa shape index (κ3) is 6.35. The molecule has 0 aliphatic carbocycles. The molecule has 0 aliphatic heterocycles. The highest BCUT2D eigenvalue weighted by Crippen LogP contribution is 2.25. The summed E-state index contributed by atoms with van der Waals surface area (Å²) in [7, 11) is 0. The molecule has 0 fully saturated rings. The van der Waals surface area contributed by atoms with Gasteiger partial charge in [-0.05, 0) is 60.9 Å². The zero-order valence-electron chi connectivity index (χ0n) is 22.1. The molecule has 208 valence electrons. The molecular formula is C30H25F2N5O4. The van der Waals surface area contributed by atoms with E-state index in [0.29, 0.717) is 23.2 Å². The number of carbonyl (C=O) groups is 2. The van der Waals surface area contributed by atoms with Crippen LogP contribution >= 0.6 is 0 Å². The summed E-state index contributed by atoms with van der Waals surface area (Å²) in [6, 6.07) is 14.9. The molecule has 2 heterocycles. The van der Waals surface area contributed by atoms with Gasteiger partial charge in [0.15, 0.2) is 0 Å². The molecule has 0 radical (unpaired) electrons. The maximum absolute atomic E-state index is 15.0. The van der Waals surface area contributed by atoms with Crippen LogP contribution in [-0.4, -0.2) is 42.9 Å². The van der Waals surface area contributed by atoms with E-state index >= 15 is 4.39 Å². The minimum Gasteiger partial charge on any atom is -0.480 e. The van der Waals surface area contributed by atoms with Gasteiger partial charge < -0.3 is 14.9 Å². The van der Waals surface area contributed by atoms with Crippen LogP contribution in [0.5, 0.6) is 0 Å². The summed E-state index contributed by atoms with van der Waals surface area (Å²) >= 11 is 0. The normalized spacial score (nSPS) is 11.8. The molecule has 1 atom stereocenters. The van der Waals surface area contributed by atoms with Crippen LogP contribution in [0.15, 0.2) is 77.6 Å². The highest BCUT2D eigenvalue weighted by atomic mass is 19.1. The number of benzene rings is 3. The van der Waals surface area contributed by atoms with Crippen molar-refractivity contribution in [1.29, 1.82) is 0 Å². The number of aryl methyl sites for hydroxylation is 2. The van der Waals surface area contributed by atoms with Crippen molar-refractivity contribution in [2.75, 3.05) is 0 Å². The van der Waals surface area contributed by atoms with Crippen molar-refractivity contribution in [3.05, 3.63) is 113 Å². The number of nitrogens with zero attached hydrogens (tertiary/aromatic N) is 4. The van der Waals surface area contributed by atoms with Crippen molar-refractivity contribution in [2.24, 2.45) is 0 Å². The van der Waals surface area contributed by atoms with E-state index in [4.69, 9.17) is 4.52 Å². The predicted octanol–water partition coefficient (Wildman–Crippen LogP) is 4.97. The summed E-state index contributed by atoms with van der Waals surface area (Å²) in [4.78, 5) is 29.0. The van der Waals surface area contributed by atoms with Gasteiger partial charge in [-0.3, -0.25) is 9.48 Å². The number of carboxylic acids is 1. The fourth-order valence-electron chi connectivity index (χ4n) is 4.25. The predicted molar refractivity (Wildman–Crippen MR) is 145 cm³/mol. The monoisotopic (exact) mass is 557 g/mol. The van der Waals surface area contributed by atoms with E-state index in [1.165, 1.54) is 35.3 Å². The van der Waals surface area contributed by atoms with E-state index in [0.717, 1.165) is 11.1 Å². The molecule has 0 bridgehead atoms. The lowest BCUT2D eigenvalue weighted by atomic mass is 10.0. The summed E-state index contributed by atoms with van der Waals surface area (Å²) in [5.74, 6) is -2.60. The first kappa shape index (κ1) is 27.4. The Bertz CT molecular complexity index is 1730. The average molecular weight is 558 g/mol. The van der Waals surface area contributed by atoms with Gasteiger partial charge in [-0.25, -0.2) is 13.6 Å². The van der Waals surface area contributed by atoms with Crippen LogP contribution in [0, 0.1) is 25.5 Å².